The summed E-state index contributed by atoms with van der Waals surface area (Å²) in [7, 11) is 0. The summed E-state index contributed by atoms with van der Waals surface area (Å²) >= 11 is 0. The van der Waals surface area contributed by atoms with E-state index in [9.17, 15) is 17.6 Å². The van der Waals surface area contributed by atoms with Crippen LogP contribution in [0.5, 0.6) is 5.75 Å². The average molecular weight is 373 g/mol. The normalized spacial score (nSPS) is 20.0. The molecule has 4 N–H and O–H groups in total. The van der Waals surface area contributed by atoms with Crippen molar-refractivity contribution in [3.05, 3.63) is 23.5 Å². The van der Waals surface area contributed by atoms with E-state index >= 15 is 0 Å². The molecule has 2 aliphatic rings. The molecule has 1 spiro atoms. The summed E-state index contributed by atoms with van der Waals surface area (Å²) in [5.41, 5.74) is 11.6. The Kier molecular flexibility index (Phi) is 4.45. The van der Waals surface area contributed by atoms with Crippen molar-refractivity contribution in [2.75, 3.05) is 4.90 Å². The predicted octanol–water partition coefficient (Wildman–Crippen LogP) is 3.14. The van der Waals surface area contributed by atoms with E-state index in [2.05, 4.69) is 14.7 Å². The maximum Gasteiger partial charge on any atom is 0.573 e. The molecule has 1 aliphatic heterocycles. The molecule has 1 saturated carbocycles. The number of ether oxygens (including phenoxy) is 1. The summed E-state index contributed by atoms with van der Waals surface area (Å²) in [6, 6.07) is 1.95. The van der Waals surface area contributed by atoms with Gasteiger partial charge in [-0.2, -0.15) is 4.99 Å². The number of hydrogen-bond acceptors (Lipinski definition) is 6. The number of hydrogen-bond donors (Lipinski definition) is 2. The zero-order valence-corrected chi connectivity index (χ0v) is 14.1. The third-order valence-corrected chi connectivity index (χ3v) is 4.57. The van der Waals surface area contributed by atoms with Gasteiger partial charge in [0.05, 0.1) is 5.69 Å². The molecule has 0 radical (unpaired) electrons. The fourth-order valence-corrected chi connectivity index (χ4v) is 3.56. The van der Waals surface area contributed by atoms with Crippen LogP contribution in [0.3, 0.4) is 0 Å². The van der Waals surface area contributed by atoms with Crippen molar-refractivity contribution in [2.24, 2.45) is 21.5 Å². The standard InChI is InChI=1S/C16H19F4N5O/c1-9-7-12(26-16(18,19)20)10(17)8-11(9)25-14(22)23-13(21)24-15(25)5-3-2-4-6-15/h7-8H,2-6H2,1H3,(H4,21,22,23,24). The van der Waals surface area contributed by atoms with Gasteiger partial charge in [-0.25, -0.2) is 9.38 Å². The third-order valence-electron chi connectivity index (χ3n) is 4.57. The van der Waals surface area contributed by atoms with E-state index in [0.29, 0.717) is 18.4 Å². The molecule has 142 valence electrons. The first-order valence-corrected chi connectivity index (χ1v) is 8.17. The summed E-state index contributed by atoms with van der Waals surface area (Å²) in [5, 5.41) is 0. The van der Waals surface area contributed by atoms with Gasteiger partial charge in [0, 0.05) is 6.07 Å². The van der Waals surface area contributed by atoms with Crippen LogP contribution in [0, 0.1) is 12.7 Å². The first-order chi connectivity index (χ1) is 12.1. The Morgan fingerprint density at radius 3 is 2.42 bits per heavy atom. The largest absolute Gasteiger partial charge is 0.573 e. The molecule has 1 aromatic rings. The van der Waals surface area contributed by atoms with E-state index in [4.69, 9.17) is 11.5 Å². The highest BCUT2D eigenvalue weighted by molar-refractivity contribution is 6.06. The van der Waals surface area contributed by atoms with E-state index in [1.807, 2.05) is 0 Å². The highest BCUT2D eigenvalue weighted by Crippen LogP contribution is 2.42. The topological polar surface area (TPSA) is 89.2 Å². The van der Waals surface area contributed by atoms with Crippen LogP contribution >= 0.6 is 0 Å². The minimum absolute atomic E-state index is 0.0337. The predicted molar refractivity (Wildman–Crippen MR) is 89.4 cm³/mol. The van der Waals surface area contributed by atoms with Crippen LogP contribution in [0.25, 0.3) is 0 Å². The summed E-state index contributed by atoms with van der Waals surface area (Å²) in [5.74, 6) is -1.97. The van der Waals surface area contributed by atoms with Gasteiger partial charge in [-0.05, 0) is 44.2 Å². The molecule has 10 heteroatoms. The van der Waals surface area contributed by atoms with E-state index < -0.39 is 23.6 Å². The van der Waals surface area contributed by atoms with Crippen molar-refractivity contribution < 1.29 is 22.3 Å². The summed E-state index contributed by atoms with van der Waals surface area (Å²) in [4.78, 5) is 9.98. The minimum atomic E-state index is -4.98. The Bertz CT molecular complexity index is 769. The Morgan fingerprint density at radius 2 is 1.81 bits per heavy atom. The lowest BCUT2D eigenvalue weighted by molar-refractivity contribution is -0.275. The van der Waals surface area contributed by atoms with E-state index in [-0.39, 0.29) is 17.6 Å². The summed E-state index contributed by atoms with van der Waals surface area (Å²) < 4.78 is 55.3. The van der Waals surface area contributed by atoms with E-state index in [1.165, 1.54) is 0 Å². The van der Waals surface area contributed by atoms with Crippen LogP contribution in [-0.4, -0.2) is 23.9 Å². The monoisotopic (exact) mass is 373 g/mol. The molecule has 3 rings (SSSR count). The van der Waals surface area contributed by atoms with Gasteiger partial charge in [-0.15, -0.1) is 13.2 Å². The molecule has 0 unspecified atom stereocenters. The van der Waals surface area contributed by atoms with Crippen molar-refractivity contribution in [3.8, 4) is 5.75 Å². The smallest absolute Gasteiger partial charge is 0.403 e. The Hall–Kier alpha value is -2.52. The summed E-state index contributed by atoms with van der Waals surface area (Å²) in [6.07, 6.45) is -0.955. The van der Waals surface area contributed by atoms with Gasteiger partial charge >= 0.3 is 6.36 Å². The van der Waals surface area contributed by atoms with Crippen LogP contribution in [0.15, 0.2) is 22.1 Å². The number of aryl methyl sites for hydroxylation is 1. The molecule has 0 atom stereocenters. The number of guanidine groups is 2. The molecule has 1 fully saturated rings. The average Bonchev–Trinajstić information content (AvgIpc) is 2.50. The van der Waals surface area contributed by atoms with Crippen LogP contribution < -0.4 is 21.1 Å². The molecule has 26 heavy (non-hydrogen) atoms. The minimum Gasteiger partial charge on any atom is -0.403 e. The number of halogens is 4. The number of nitrogens with zero attached hydrogens (tertiary/aromatic N) is 3. The van der Waals surface area contributed by atoms with Crippen molar-refractivity contribution in [2.45, 2.75) is 51.1 Å². The first kappa shape index (κ1) is 18.3. The highest BCUT2D eigenvalue weighted by Gasteiger charge is 2.43. The van der Waals surface area contributed by atoms with Gasteiger partial charge in [0.1, 0.15) is 5.66 Å². The Labute approximate surface area is 147 Å². The number of anilines is 1. The first-order valence-electron chi connectivity index (χ1n) is 8.17. The van der Waals surface area contributed by atoms with Crippen LogP contribution in [0.1, 0.15) is 37.7 Å². The zero-order chi connectivity index (χ0) is 19.1. The van der Waals surface area contributed by atoms with Gasteiger partial charge in [-0.1, -0.05) is 6.42 Å². The van der Waals surface area contributed by atoms with Crippen molar-refractivity contribution >= 4 is 17.6 Å². The summed E-state index contributed by atoms with van der Waals surface area (Å²) in [6.45, 7) is 1.55. The number of alkyl halides is 3. The lowest BCUT2D eigenvalue weighted by Gasteiger charge is -2.46. The lowest BCUT2D eigenvalue weighted by Crippen LogP contribution is -2.58. The van der Waals surface area contributed by atoms with Crippen molar-refractivity contribution in [1.82, 2.24) is 0 Å². The van der Waals surface area contributed by atoms with Crippen LogP contribution in [0.4, 0.5) is 23.2 Å². The number of nitrogens with two attached hydrogens (primary N) is 2. The number of rotatable bonds is 2. The second-order valence-electron chi connectivity index (χ2n) is 6.44. The van der Waals surface area contributed by atoms with Crippen LogP contribution in [0.2, 0.25) is 0 Å². The molecule has 1 aliphatic carbocycles. The van der Waals surface area contributed by atoms with Crippen molar-refractivity contribution in [1.29, 1.82) is 0 Å². The van der Waals surface area contributed by atoms with Crippen molar-refractivity contribution in [3.63, 3.8) is 0 Å². The molecule has 1 aromatic carbocycles. The number of benzene rings is 1. The molecule has 6 nitrogen and oxygen atoms in total. The van der Waals surface area contributed by atoms with Gasteiger partial charge in [0.25, 0.3) is 0 Å². The maximum absolute atomic E-state index is 14.3. The van der Waals surface area contributed by atoms with Crippen LogP contribution in [-0.2, 0) is 0 Å². The highest BCUT2D eigenvalue weighted by atomic mass is 19.4. The Balaban J connectivity index is 2.06. The van der Waals surface area contributed by atoms with Gasteiger partial charge in [-0.3, -0.25) is 4.90 Å². The number of aliphatic imine (C=N–C) groups is 2. The molecule has 1 heterocycles. The molecule has 0 bridgehead atoms. The molecule has 0 aromatic heterocycles. The molecular formula is C16H19F4N5O. The second kappa shape index (κ2) is 6.33. The fourth-order valence-electron chi connectivity index (χ4n) is 3.56. The van der Waals surface area contributed by atoms with Gasteiger partial charge in [0.15, 0.2) is 11.6 Å². The molecule has 0 saturated heterocycles. The van der Waals surface area contributed by atoms with Gasteiger partial charge in [0.2, 0.25) is 11.9 Å². The maximum atomic E-state index is 14.3. The second-order valence-corrected chi connectivity index (χ2v) is 6.44. The molecule has 0 amide bonds. The SMILES string of the molecule is Cc1cc(OC(F)(F)F)c(F)cc1N1C(N)=NC(N)=NC12CCCCC2. The van der Waals surface area contributed by atoms with E-state index in [1.54, 1.807) is 11.8 Å². The molecular weight excluding hydrogens is 354 g/mol. The third kappa shape index (κ3) is 3.40. The quantitative estimate of drug-likeness (QED) is 0.780. The van der Waals surface area contributed by atoms with Gasteiger partial charge < -0.3 is 16.2 Å². The zero-order valence-electron chi connectivity index (χ0n) is 14.1. The van der Waals surface area contributed by atoms with E-state index in [0.717, 1.165) is 31.4 Å². The fraction of sp³-hybridized carbons (Fsp3) is 0.500. The lowest BCUT2D eigenvalue weighted by atomic mass is 9.87. The Morgan fingerprint density at radius 1 is 1.15 bits per heavy atom.